The largest absolute Gasteiger partial charge is 0.480 e. The van der Waals surface area contributed by atoms with Crippen LogP contribution in [-0.4, -0.2) is 34.6 Å². The van der Waals surface area contributed by atoms with Gasteiger partial charge >= 0.3 is 12.0 Å². The lowest BCUT2D eigenvalue weighted by molar-refractivity contribution is -0.141. The quantitative estimate of drug-likeness (QED) is 0.901. The number of halogens is 1. The summed E-state index contributed by atoms with van der Waals surface area (Å²) >= 11 is 6.08. The van der Waals surface area contributed by atoms with E-state index in [4.69, 9.17) is 16.7 Å². The van der Waals surface area contributed by atoms with Gasteiger partial charge < -0.3 is 15.3 Å². The molecule has 0 spiro atoms. The Kier molecular flexibility index (Phi) is 4.49. The van der Waals surface area contributed by atoms with E-state index >= 15 is 0 Å². The first-order chi connectivity index (χ1) is 9.50. The molecule has 1 aromatic carbocycles. The van der Waals surface area contributed by atoms with E-state index in [9.17, 15) is 9.59 Å². The lowest BCUT2D eigenvalue weighted by Crippen LogP contribution is -2.46. The summed E-state index contributed by atoms with van der Waals surface area (Å²) in [4.78, 5) is 24.6. The number of carbonyl (C=O) groups excluding carboxylic acids is 1. The summed E-state index contributed by atoms with van der Waals surface area (Å²) in [6.07, 6.45) is 1.22. The number of urea groups is 1. The molecule has 2 N–H and O–H groups in total. The van der Waals surface area contributed by atoms with Crippen LogP contribution >= 0.6 is 11.6 Å². The average Bonchev–Trinajstić information content (AvgIpc) is 2.88. The molecule has 1 saturated heterocycles. The Morgan fingerprint density at radius 1 is 1.45 bits per heavy atom. The van der Waals surface area contributed by atoms with Crippen LogP contribution in [0.5, 0.6) is 0 Å². The molecule has 5 nitrogen and oxygen atoms in total. The highest BCUT2D eigenvalue weighted by molar-refractivity contribution is 6.31. The van der Waals surface area contributed by atoms with Gasteiger partial charge in [0.2, 0.25) is 0 Å². The second kappa shape index (κ2) is 6.13. The lowest BCUT2D eigenvalue weighted by Gasteiger charge is -2.24. The van der Waals surface area contributed by atoms with Gasteiger partial charge in [0.25, 0.3) is 0 Å². The number of likely N-dealkylation sites (tertiary alicyclic amines) is 1. The van der Waals surface area contributed by atoms with Crippen LogP contribution in [0.4, 0.5) is 4.79 Å². The highest BCUT2D eigenvalue weighted by Gasteiger charge is 2.34. The van der Waals surface area contributed by atoms with Crippen LogP contribution in [0.15, 0.2) is 24.3 Å². The molecule has 108 valence electrons. The van der Waals surface area contributed by atoms with Crippen molar-refractivity contribution in [2.45, 2.75) is 31.8 Å². The van der Waals surface area contributed by atoms with Crippen LogP contribution in [0.3, 0.4) is 0 Å². The number of carbonyl (C=O) groups is 2. The fourth-order valence-electron chi connectivity index (χ4n) is 2.44. The molecule has 1 heterocycles. The van der Waals surface area contributed by atoms with E-state index in [2.05, 4.69) is 5.32 Å². The van der Waals surface area contributed by atoms with Gasteiger partial charge in [0, 0.05) is 11.6 Å². The minimum Gasteiger partial charge on any atom is -0.480 e. The number of nitrogens with one attached hydrogen (secondary N) is 1. The van der Waals surface area contributed by atoms with Gasteiger partial charge in [-0.2, -0.15) is 0 Å². The predicted molar refractivity (Wildman–Crippen MR) is 75.8 cm³/mol. The standard InChI is InChI=1S/C14H17ClN2O3/c1-9(10-5-2-3-6-11(10)15)16-14(20)17-8-4-7-12(17)13(18)19/h2-3,5-6,9,12H,4,7-8H2,1H3,(H,16,20)(H,18,19)/t9?,12-/m0/s1. The van der Waals surface area contributed by atoms with Gasteiger partial charge in [0.15, 0.2) is 0 Å². The van der Waals surface area contributed by atoms with Crippen molar-refractivity contribution < 1.29 is 14.7 Å². The Morgan fingerprint density at radius 2 is 2.15 bits per heavy atom. The fourth-order valence-corrected chi connectivity index (χ4v) is 2.74. The molecule has 0 aromatic heterocycles. The van der Waals surface area contributed by atoms with Crippen LogP contribution in [0.1, 0.15) is 31.4 Å². The van der Waals surface area contributed by atoms with Crippen molar-refractivity contribution in [3.63, 3.8) is 0 Å². The highest BCUT2D eigenvalue weighted by Crippen LogP contribution is 2.23. The topological polar surface area (TPSA) is 69.6 Å². The van der Waals surface area contributed by atoms with E-state index in [1.807, 2.05) is 25.1 Å². The lowest BCUT2D eigenvalue weighted by atomic mass is 10.1. The van der Waals surface area contributed by atoms with Crippen LogP contribution in [0.2, 0.25) is 5.02 Å². The normalized spacial score (nSPS) is 19.7. The molecule has 1 aliphatic rings. The molecule has 0 bridgehead atoms. The first-order valence-corrected chi connectivity index (χ1v) is 6.93. The monoisotopic (exact) mass is 296 g/mol. The Bertz CT molecular complexity index is 521. The molecule has 2 amide bonds. The Labute approximate surface area is 122 Å². The number of aliphatic carboxylic acids is 1. The number of nitrogens with zero attached hydrogens (tertiary/aromatic N) is 1. The molecule has 0 saturated carbocycles. The Balaban J connectivity index is 2.04. The molecule has 20 heavy (non-hydrogen) atoms. The second-order valence-corrected chi connectivity index (χ2v) is 5.29. The number of carboxylic acid groups (broad SMARTS) is 1. The van der Waals surface area contributed by atoms with E-state index in [-0.39, 0.29) is 12.1 Å². The van der Waals surface area contributed by atoms with Crippen molar-refractivity contribution in [2.75, 3.05) is 6.54 Å². The summed E-state index contributed by atoms with van der Waals surface area (Å²) in [7, 11) is 0. The number of carboxylic acids is 1. The zero-order chi connectivity index (χ0) is 14.7. The minimum absolute atomic E-state index is 0.272. The third-order valence-corrected chi connectivity index (χ3v) is 3.85. The highest BCUT2D eigenvalue weighted by atomic mass is 35.5. The summed E-state index contributed by atoms with van der Waals surface area (Å²) in [5.41, 5.74) is 0.814. The maximum absolute atomic E-state index is 12.2. The Hall–Kier alpha value is -1.75. The molecule has 1 aromatic rings. The van der Waals surface area contributed by atoms with Crippen molar-refractivity contribution in [3.8, 4) is 0 Å². The molecule has 1 aliphatic heterocycles. The van der Waals surface area contributed by atoms with Gasteiger partial charge in [-0.3, -0.25) is 0 Å². The Morgan fingerprint density at radius 3 is 2.80 bits per heavy atom. The molecule has 6 heteroatoms. The molecule has 0 radical (unpaired) electrons. The van der Waals surface area contributed by atoms with E-state index < -0.39 is 12.0 Å². The second-order valence-electron chi connectivity index (χ2n) is 4.88. The van der Waals surface area contributed by atoms with Crippen LogP contribution in [-0.2, 0) is 4.79 Å². The number of amides is 2. The zero-order valence-corrected chi connectivity index (χ0v) is 11.9. The molecule has 1 fully saturated rings. The zero-order valence-electron chi connectivity index (χ0n) is 11.2. The number of hydrogen-bond acceptors (Lipinski definition) is 2. The van der Waals surface area contributed by atoms with Gasteiger partial charge in [-0.15, -0.1) is 0 Å². The number of rotatable bonds is 3. The van der Waals surface area contributed by atoms with Crippen LogP contribution in [0, 0.1) is 0 Å². The van der Waals surface area contributed by atoms with E-state index in [1.54, 1.807) is 6.07 Å². The molecule has 2 rings (SSSR count). The summed E-state index contributed by atoms with van der Waals surface area (Å²) in [5.74, 6) is -0.956. The summed E-state index contributed by atoms with van der Waals surface area (Å²) in [6, 6.07) is 5.91. The summed E-state index contributed by atoms with van der Waals surface area (Å²) in [5, 5.41) is 12.5. The van der Waals surface area contributed by atoms with Gasteiger partial charge in [0.05, 0.1) is 6.04 Å². The number of benzene rings is 1. The maximum Gasteiger partial charge on any atom is 0.326 e. The average molecular weight is 297 g/mol. The van der Waals surface area contributed by atoms with E-state index in [0.717, 1.165) is 5.56 Å². The molecule has 2 atom stereocenters. The maximum atomic E-state index is 12.2. The van der Waals surface area contributed by atoms with Gasteiger partial charge in [-0.05, 0) is 31.4 Å². The summed E-state index contributed by atoms with van der Waals surface area (Å²) < 4.78 is 0. The van der Waals surface area contributed by atoms with Crippen molar-refractivity contribution in [1.29, 1.82) is 0 Å². The summed E-state index contributed by atoms with van der Waals surface area (Å²) in [6.45, 7) is 2.29. The van der Waals surface area contributed by atoms with Crippen molar-refractivity contribution in [2.24, 2.45) is 0 Å². The smallest absolute Gasteiger partial charge is 0.326 e. The first kappa shape index (κ1) is 14.7. The van der Waals surface area contributed by atoms with Crippen molar-refractivity contribution in [3.05, 3.63) is 34.9 Å². The van der Waals surface area contributed by atoms with Gasteiger partial charge in [-0.1, -0.05) is 29.8 Å². The predicted octanol–water partition coefficient (Wildman–Crippen LogP) is 2.66. The SMILES string of the molecule is CC(NC(=O)N1CCC[C@H]1C(=O)O)c1ccccc1Cl. The molecular weight excluding hydrogens is 280 g/mol. The first-order valence-electron chi connectivity index (χ1n) is 6.55. The number of hydrogen-bond donors (Lipinski definition) is 2. The third-order valence-electron chi connectivity index (χ3n) is 3.51. The van der Waals surface area contributed by atoms with E-state index in [0.29, 0.717) is 24.4 Å². The van der Waals surface area contributed by atoms with Crippen LogP contribution in [0.25, 0.3) is 0 Å². The fraction of sp³-hybridized carbons (Fsp3) is 0.429. The molecule has 1 unspecified atom stereocenters. The third kappa shape index (κ3) is 3.04. The van der Waals surface area contributed by atoms with Crippen molar-refractivity contribution >= 4 is 23.6 Å². The van der Waals surface area contributed by atoms with Crippen LogP contribution < -0.4 is 5.32 Å². The van der Waals surface area contributed by atoms with Crippen molar-refractivity contribution in [1.82, 2.24) is 10.2 Å². The molecular formula is C14H17ClN2O3. The van der Waals surface area contributed by atoms with Gasteiger partial charge in [0.1, 0.15) is 6.04 Å². The minimum atomic E-state index is -0.956. The van der Waals surface area contributed by atoms with Gasteiger partial charge in [-0.25, -0.2) is 9.59 Å². The van der Waals surface area contributed by atoms with E-state index in [1.165, 1.54) is 4.90 Å². The molecule has 0 aliphatic carbocycles.